The monoisotopic (exact) mass is 441 g/mol. The SMILES string of the molecule is CS(=O)(=O)N(Cc1cccc(Cl)c1Cl)c1ccc(C(=O)NC2CCNC2)cc1. The van der Waals surface area contributed by atoms with Gasteiger partial charge in [0.1, 0.15) is 0 Å². The third-order valence-electron chi connectivity index (χ3n) is 4.56. The number of nitrogens with zero attached hydrogens (tertiary/aromatic N) is 1. The molecule has 1 aliphatic rings. The Kier molecular flexibility index (Phi) is 6.50. The van der Waals surface area contributed by atoms with Gasteiger partial charge in [-0.1, -0.05) is 35.3 Å². The van der Waals surface area contributed by atoms with Crippen molar-refractivity contribution >= 4 is 44.8 Å². The topological polar surface area (TPSA) is 78.5 Å². The van der Waals surface area contributed by atoms with Crippen LogP contribution < -0.4 is 14.9 Å². The van der Waals surface area contributed by atoms with Gasteiger partial charge in [-0.15, -0.1) is 0 Å². The van der Waals surface area contributed by atoms with E-state index in [9.17, 15) is 13.2 Å². The Labute approximate surface area is 174 Å². The molecule has 1 unspecified atom stereocenters. The van der Waals surface area contributed by atoms with Crippen LogP contribution in [0, 0.1) is 0 Å². The van der Waals surface area contributed by atoms with E-state index in [1.807, 2.05) is 0 Å². The van der Waals surface area contributed by atoms with E-state index in [0.717, 1.165) is 25.8 Å². The quantitative estimate of drug-likeness (QED) is 0.721. The average Bonchev–Trinajstić information content (AvgIpc) is 3.15. The first-order valence-electron chi connectivity index (χ1n) is 8.78. The smallest absolute Gasteiger partial charge is 0.251 e. The van der Waals surface area contributed by atoms with Crippen molar-refractivity contribution in [2.45, 2.75) is 19.0 Å². The lowest BCUT2D eigenvalue weighted by Crippen LogP contribution is -2.36. The van der Waals surface area contributed by atoms with Crippen LogP contribution in [0.25, 0.3) is 0 Å². The predicted molar refractivity (Wildman–Crippen MR) is 113 cm³/mol. The summed E-state index contributed by atoms with van der Waals surface area (Å²) < 4.78 is 25.9. The van der Waals surface area contributed by atoms with Gasteiger partial charge >= 0.3 is 0 Å². The van der Waals surface area contributed by atoms with E-state index >= 15 is 0 Å². The zero-order valence-corrected chi connectivity index (χ0v) is 17.6. The number of sulfonamides is 1. The molecule has 1 saturated heterocycles. The number of anilines is 1. The van der Waals surface area contributed by atoms with Crippen molar-refractivity contribution in [3.63, 3.8) is 0 Å². The molecule has 1 heterocycles. The summed E-state index contributed by atoms with van der Waals surface area (Å²) in [6.07, 6.45) is 2.02. The highest BCUT2D eigenvalue weighted by Crippen LogP contribution is 2.29. The van der Waals surface area contributed by atoms with E-state index in [1.54, 1.807) is 42.5 Å². The molecule has 0 spiro atoms. The van der Waals surface area contributed by atoms with Crippen LogP contribution in [0.2, 0.25) is 10.0 Å². The first kappa shape index (κ1) is 20.9. The van der Waals surface area contributed by atoms with Crippen molar-refractivity contribution in [3.8, 4) is 0 Å². The molecule has 0 aromatic heterocycles. The highest BCUT2D eigenvalue weighted by Gasteiger charge is 2.21. The van der Waals surface area contributed by atoms with Crippen LogP contribution in [0.3, 0.4) is 0 Å². The minimum atomic E-state index is -3.57. The van der Waals surface area contributed by atoms with Gasteiger partial charge in [-0.05, 0) is 48.9 Å². The third-order valence-corrected chi connectivity index (χ3v) is 6.56. The van der Waals surface area contributed by atoms with Crippen LogP contribution >= 0.6 is 23.2 Å². The number of amides is 1. The Morgan fingerprint density at radius 3 is 2.54 bits per heavy atom. The summed E-state index contributed by atoms with van der Waals surface area (Å²) in [4.78, 5) is 12.3. The molecule has 1 atom stereocenters. The van der Waals surface area contributed by atoms with E-state index in [1.165, 1.54) is 4.31 Å². The van der Waals surface area contributed by atoms with Gasteiger partial charge < -0.3 is 10.6 Å². The molecule has 1 aliphatic heterocycles. The normalized spacial score (nSPS) is 16.8. The van der Waals surface area contributed by atoms with Gasteiger partial charge in [0.05, 0.1) is 28.5 Å². The molecule has 6 nitrogen and oxygen atoms in total. The van der Waals surface area contributed by atoms with E-state index in [2.05, 4.69) is 10.6 Å². The van der Waals surface area contributed by atoms with Crippen molar-refractivity contribution in [3.05, 3.63) is 63.6 Å². The zero-order valence-electron chi connectivity index (χ0n) is 15.3. The second-order valence-electron chi connectivity index (χ2n) is 6.69. The molecule has 0 bridgehead atoms. The Morgan fingerprint density at radius 1 is 1.21 bits per heavy atom. The number of hydrogen-bond acceptors (Lipinski definition) is 4. The Morgan fingerprint density at radius 2 is 1.93 bits per heavy atom. The van der Waals surface area contributed by atoms with Crippen LogP contribution in [-0.2, 0) is 16.6 Å². The highest BCUT2D eigenvalue weighted by molar-refractivity contribution is 7.92. The Balaban J connectivity index is 1.81. The van der Waals surface area contributed by atoms with Crippen LogP contribution in [0.4, 0.5) is 5.69 Å². The molecule has 0 saturated carbocycles. The van der Waals surface area contributed by atoms with Crippen LogP contribution in [-0.4, -0.2) is 39.7 Å². The fourth-order valence-electron chi connectivity index (χ4n) is 3.05. The molecule has 150 valence electrons. The maximum atomic E-state index is 12.3. The van der Waals surface area contributed by atoms with E-state index in [0.29, 0.717) is 26.9 Å². The first-order valence-corrected chi connectivity index (χ1v) is 11.4. The van der Waals surface area contributed by atoms with E-state index in [-0.39, 0.29) is 18.5 Å². The average molecular weight is 442 g/mol. The molecule has 2 aromatic carbocycles. The van der Waals surface area contributed by atoms with Gasteiger partial charge in [-0.2, -0.15) is 0 Å². The molecular formula is C19H21Cl2N3O3S. The summed E-state index contributed by atoms with van der Waals surface area (Å²) in [5.74, 6) is -0.177. The third kappa shape index (κ3) is 4.97. The largest absolute Gasteiger partial charge is 0.348 e. The van der Waals surface area contributed by atoms with Crippen molar-refractivity contribution in [1.82, 2.24) is 10.6 Å². The predicted octanol–water partition coefficient (Wildman–Crippen LogP) is 3.05. The molecule has 2 aromatic rings. The molecule has 0 radical (unpaired) electrons. The second-order valence-corrected chi connectivity index (χ2v) is 9.38. The van der Waals surface area contributed by atoms with Crippen molar-refractivity contribution < 1.29 is 13.2 Å². The maximum absolute atomic E-state index is 12.3. The number of halogens is 2. The number of nitrogens with one attached hydrogen (secondary N) is 2. The number of hydrogen-bond donors (Lipinski definition) is 2. The number of rotatable bonds is 6. The van der Waals surface area contributed by atoms with Gasteiger partial charge in [0.25, 0.3) is 5.91 Å². The van der Waals surface area contributed by atoms with Crippen molar-refractivity contribution in [2.75, 3.05) is 23.7 Å². The van der Waals surface area contributed by atoms with E-state index < -0.39 is 10.0 Å². The van der Waals surface area contributed by atoms with Crippen LogP contribution in [0.1, 0.15) is 22.3 Å². The van der Waals surface area contributed by atoms with Gasteiger partial charge in [0.2, 0.25) is 10.0 Å². The van der Waals surface area contributed by atoms with Crippen molar-refractivity contribution in [1.29, 1.82) is 0 Å². The molecule has 1 amide bonds. The fraction of sp³-hybridized carbons (Fsp3) is 0.316. The number of carbonyl (C=O) groups excluding carboxylic acids is 1. The summed E-state index contributed by atoms with van der Waals surface area (Å²) in [5, 5.41) is 6.84. The molecule has 28 heavy (non-hydrogen) atoms. The van der Waals surface area contributed by atoms with Crippen LogP contribution in [0.15, 0.2) is 42.5 Å². The zero-order chi connectivity index (χ0) is 20.3. The summed E-state index contributed by atoms with van der Waals surface area (Å²) in [6, 6.07) is 11.7. The van der Waals surface area contributed by atoms with Crippen molar-refractivity contribution in [2.24, 2.45) is 0 Å². The molecule has 2 N–H and O–H groups in total. The van der Waals surface area contributed by atoms with Gasteiger partial charge in [0.15, 0.2) is 0 Å². The lowest BCUT2D eigenvalue weighted by molar-refractivity contribution is 0.0940. The Bertz CT molecular complexity index is 959. The molecular weight excluding hydrogens is 421 g/mol. The molecule has 3 rings (SSSR count). The second kappa shape index (κ2) is 8.69. The summed E-state index contributed by atoms with van der Waals surface area (Å²) in [5.41, 5.74) is 1.51. The number of benzene rings is 2. The highest BCUT2D eigenvalue weighted by atomic mass is 35.5. The van der Waals surface area contributed by atoms with Gasteiger partial charge in [0, 0.05) is 18.2 Å². The summed E-state index contributed by atoms with van der Waals surface area (Å²) in [6.45, 7) is 1.68. The maximum Gasteiger partial charge on any atom is 0.251 e. The molecule has 0 aliphatic carbocycles. The minimum Gasteiger partial charge on any atom is -0.348 e. The lowest BCUT2D eigenvalue weighted by atomic mass is 10.1. The van der Waals surface area contributed by atoms with Gasteiger partial charge in [-0.3, -0.25) is 9.10 Å². The van der Waals surface area contributed by atoms with Gasteiger partial charge in [-0.25, -0.2) is 8.42 Å². The molecule has 9 heteroatoms. The first-order chi connectivity index (χ1) is 13.3. The molecule has 1 fully saturated rings. The summed E-state index contributed by atoms with van der Waals surface area (Å²) in [7, 11) is -3.57. The van der Waals surface area contributed by atoms with E-state index in [4.69, 9.17) is 23.2 Å². The minimum absolute atomic E-state index is 0.0392. The number of carbonyl (C=O) groups is 1. The fourth-order valence-corrected chi connectivity index (χ4v) is 4.31. The Hall–Kier alpha value is -1.80. The standard InChI is InChI=1S/C19H21Cl2N3O3S/c1-28(26,27)24(12-14-3-2-4-17(20)18(14)21)16-7-5-13(6-8-16)19(25)23-15-9-10-22-11-15/h2-8,15,22H,9-12H2,1H3,(H,23,25). The summed E-state index contributed by atoms with van der Waals surface area (Å²) >= 11 is 12.2. The van der Waals surface area contributed by atoms with Crippen LogP contribution in [0.5, 0.6) is 0 Å². The lowest BCUT2D eigenvalue weighted by Gasteiger charge is -2.23.